The highest BCUT2D eigenvalue weighted by Gasteiger charge is 2.39. The zero-order valence-electron chi connectivity index (χ0n) is 7.79. The fraction of sp³-hybridized carbons (Fsp3) is 0.750. The summed E-state index contributed by atoms with van der Waals surface area (Å²) >= 11 is 0. The molecule has 15 heavy (non-hydrogen) atoms. The molecule has 1 aliphatic rings. The number of rotatable bonds is 1. The van der Waals surface area contributed by atoms with Crippen molar-refractivity contribution in [2.24, 2.45) is 5.73 Å². The summed E-state index contributed by atoms with van der Waals surface area (Å²) in [4.78, 5) is 3.33. The Morgan fingerprint density at radius 3 is 2.53 bits per heavy atom. The lowest BCUT2D eigenvalue weighted by molar-refractivity contribution is -0.146. The van der Waals surface area contributed by atoms with E-state index in [4.69, 9.17) is 5.73 Å². The fourth-order valence-electron chi connectivity index (χ4n) is 1.80. The monoisotopic (exact) mass is 221 g/mol. The van der Waals surface area contributed by atoms with Crippen LogP contribution in [0.2, 0.25) is 0 Å². The van der Waals surface area contributed by atoms with Crippen molar-refractivity contribution in [3.05, 3.63) is 11.7 Å². The molecule has 1 aromatic rings. The molecule has 0 bridgehead atoms. The molecule has 0 spiro atoms. The lowest BCUT2D eigenvalue weighted by Crippen LogP contribution is -2.23. The van der Waals surface area contributed by atoms with Crippen molar-refractivity contribution < 1.29 is 17.7 Å². The van der Waals surface area contributed by atoms with E-state index in [1.807, 2.05) is 0 Å². The first-order valence-corrected chi connectivity index (χ1v) is 4.65. The second-order valence-corrected chi connectivity index (χ2v) is 3.66. The maximum Gasteiger partial charge on any atom is 0.455 e. The summed E-state index contributed by atoms with van der Waals surface area (Å²) in [5, 5.41) is 2.90. The molecule has 2 rings (SSSR count). The average molecular weight is 221 g/mol. The van der Waals surface area contributed by atoms with Crippen LogP contribution >= 0.6 is 0 Å². The predicted molar refractivity (Wildman–Crippen MR) is 43.9 cm³/mol. The van der Waals surface area contributed by atoms with Crippen molar-refractivity contribution >= 4 is 0 Å². The molecular formula is C8H10F3N3O. The van der Waals surface area contributed by atoms with Gasteiger partial charge in [0.05, 0.1) is 5.92 Å². The molecule has 0 amide bonds. The van der Waals surface area contributed by atoms with E-state index in [-0.39, 0.29) is 17.9 Å². The Bertz CT molecular complexity index is 349. The van der Waals surface area contributed by atoms with E-state index in [9.17, 15) is 13.2 Å². The van der Waals surface area contributed by atoms with Gasteiger partial charge >= 0.3 is 6.18 Å². The summed E-state index contributed by atoms with van der Waals surface area (Å²) < 4.78 is 41.1. The van der Waals surface area contributed by atoms with Gasteiger partial charge in [0.1, 0.15) is 0 Å². The third-order valence-electron chi connectivity index (χ3n) is 2.58. The summed E-state index contributed by atoms with van der Waals surface area (Å²) in [5.74, 6) is -1.45. The highest BCUT2D eigenvalue weighted by atomic mass is 19.4. The van der Waals surface area contributed by atoms with E-state index >= 15 is 0 Å². The molecule has 2 atom stereocenters. The van der Waals surface area contributed by atoms with Crippen LogP contribution in [0.1, 0.15) is 36.9 Å². The van der Waals surface area contributed by atoms with Gasteiger partial charge in [0.2, 0.25) is 5.89 Å². The number of nitrogens with zero attached hydrogens (tertiary/aromatic N) is 2. The van der Waals surface area contributed by atoms with Crippen LogP contribution in [-0.4, -0.2) is 16.2 Å². The molecule has 2 unspecified atom stereocenters. The van der Waals surface area contributed by atoms with Crippen molar-refractivity contribution in [2.45, 2.75) is 37.4 Å². The molecule has 84 valence electrons. The Labute approximate surface area is 83.6 Å². The van der Waals surface area contributed by atoms with Crippen LogP contribution in [0.15, 0.2) is 4.52 Å². The topological polar surface area (TPSA) is 64.9 Å². The Balaban J connectivity index is 2.20. The highest BCUT2D eigenvalue weighted by Crippen LogP contribution is 2.34. The van der Waals surface area contributed by atoms with Gasteiger partial charge in [-0.05, 0) is 12.8 Å². The summed E-state index contributed by atoms with van der Waals surface area (Å²) in [6.45, 7) is 0. The van der Waals surface area contributed by atoms with Crippen LogP contribution in [0.3, 0.4) is 0 Å². The van der Waals surface area contributed by atoms with E-state index in [2.05, 4.69) is 14.7 Å². The van der Waals surface area contributed by atoms with Crippen molar-refractivity contribution in [1.29, 1.82) is 0 Å². The predicted octanol–water partition coefficient (Wildman–Crippen LogP) is 1.68. The normalized spacial score (nSPS) is 27.2. The lowest BCUT2D eigenvalue weighted by Gasteiger charge is -2.08. The van der Waals surface area contributed by atoms with Crippen LogP contribution in [0.4, 0.5) is 13.2 Å². The minimum absolute atomic E-state index is 0.00678. The number of aromatic nitrogens is 2. The van der Waals surface area contributed by atoms with Gasteiger partial charge in [-0.3, -0.25) is 0 Å². The molecule has 1 aliphatic carbocycles. The average Bonchev–Trinajstić information content (AvgIpc) is 2.69. The van der Waals surface area contributed by atoms with E-state index in [0.29, 0.717) is 6.42 Å². The maximum atomic E-state index is 12.2. The molecular weight excluding hydrogens is 211 g/mol. The van der Waals surface area contributed by atoms with Gasteiger partial charge in [-0.2, -0.15) is 18.2 Å². The second kappa shape index (κ2) is 3.48. The SMILES string of the molecule is NC1CCCC1c1nc(C(F)(F)F)no1. The van der Waals surface area contributed by atoms with Gasteiger partial charge in [-0.15, -0.1) is 0 Å². The number of halogens is 3. The number of nitrogens with two attached hydrogens (primary N) is 1. The van der Waals surface area contributed by atoms with Crippen LogP contribution in [-0.2, 0) is 6.18 Å². The van der Waals surface area contributed by atoms with Gasteiger partial charge in [-0.25, -0.2) is 0 Å². The summed E-state index contributed by atoms with van der Waals surface area (Å²) in [5.41, 5.74) is 5.72. The third kappa shape index (κ3) is 1.97. The van der Waals surface area contributed by atoms with E-state index in [1.54, 1.807) is 0 Å². The number of alkyl halides is 3. The standard InChI is InChI=1S/C8H10F3N3O/c9-8(10,11)7-13-6(15-14-7)4-2-1-3-5(4)12/h4-5H,1-3,12H2. The molecule has 0 aromatic carbocycles. The van der Waals surface area contributed by atoms with Gasteiger partial charge in [0, 0.05) is 6.04 Å². The molecule has 2 N–H and O–H groups in total. The summed E-state index contributed by atoms with van der Waals surface area (Å²) in [6.07, 6.45) is -2.17. The van der Waals surface area contributed by atoms with Gasteiger partial charge < -0.3 is 10.3 Å². The Hall–Kier alpha value is -1.11. The minimum atomic E-state index is -4.55. The van der Waals surface area contributed by atoms with Crippen LogP contribution in [0.5, 0.6) is 0 Å². The molecule has 1 aromatic heterocycles. The molecule has 0 saturated heterocycles. The zero-order valence-corrected chi connectivity index (χ0v) is 7.79. The third-order valence-corrected chi connectivity index (χ3v) is 2.58. The Morgan fingerprint density at radius 1 is 1.33 bits per heavy atom. The first kappa shape index (κ1) is 10.4. The number of hydrogen-bond acceptors (Lipinski definition) is 4. The number of hydrogen-bond donors (Lipinski definition) is 1. The van der Waals surface area contributed by atoms with Crippen molar-refractivity contribution in [3.63, 3.8) is 0 Å². The summed E-state index contributed by atoms with van der Waals surface area (Å²) in [7, 11) is 0. The highest BCUT2D eigenvalue weighted by molar-refractivity contribution is 5.03. The lowest BCUT2D eigenvalue weighted by atomic mass is 10.1. The van der Waals surface area contributed by atoms with Crippen molar-refractivity contribution in [1.82, 2.24) is 10.1 Å². The van der Waals surface area contributed by atoms with E-state index < -0.39 is 12.0 Å². The minimum Gasteiger partial charge on any atom is -0.339 e. The summed E-state index contributed by atoms with van der Waals surface area (Å²) in [6, 6.07) is -0.175. The molecule has 4 nitrogen and oxygen atoms in total. The molecule has 7 heteroatoms. The molecule has 1 heterocycles. The zero-order chi connectivity index (χ0) is 11.1. The molecule has 0 aliphatic heterocycles. The maximum absolute atomic E-state index is 12.2. The van der Waals surface area contributed by atoms with Crippen molar-refractivity contribution in [3.8, 4) is 0 Å². The van der Waals surface area contributed by atoms with Crippen LogP contribution in [0, 0.1) is 0 Å². The van der Waals surface area contributed by atoms with Gasteiger partial charge in [0.25, 0.3) is 5.82 Å². The van der Waals surface area contributed by atoms with Crippen LogP contribution in [0.25, 0.3) is 0 Å². The first-order chi connectivity index (χ1) is 6.98. The Kier molecular flexibility index (Phi) is 2.41. The first-order valence-electron chi connectivity index (χ1n) is 4.65. The molecule has 1 fully saturated rings. The van der Waals surface area contributed by atoms with E-state index in [0.717, 1.165) is 12.8 Å². The smallest absolute Gasteiger partial charge is 0.339 e. The largest absolute Gasteiger partial charge is 0.455 e. The van der Waals surface area contributed by atoms with E-state index in [1.165, 1.54) is 0 Å². The van der Waals surface area contributed by atoms with Gasteiger partial charge in [-0.1, -0.05) is 11.6 Å². The molecule has 1 saturated carbocycles. The Morgan fingerprint density at radius 2 is 2.07 bits per heavy atom. The van der Waals surface area contributed by atoms with Crippen LogP contribution < -0.4 is 5.73 Å². The fourth-order valence-corrected chi connectivity index (χ4v) is 1.80. The van der Waals surface area contributed by atoms with Gasteiger partial charge in [0.15, 0.2) is 0 Å². The molecule has 0 radical (unpaired) electrons. The van der Waals surface area contributed by atoms with Crippen molar-refractivity contribution in [2.75, 3.05) is 0 Å². The quantitative estimate of drug-likeness (QED) is 0.783. The second-order valence-electron chi connectivity index (χ2n) is 3.66.